The summed E-state index contributed by atoms with van der Waals surface area (Å²) in [5.41, 5.74) is 5.14. The molecule has 0 radical (unpaired) electrons. The van der Waals surface area contributed by atoms with Crippen molar-refractivity contribution in [3.63, 3.8) is 0 Å². The van der Waals surface area contributed by atoms with E-state index in [0.717, 1.165) is 46.8 Å². The second-order valence-electron chi connectivity index (χ2n) is 6.33. The van der Waals surface area contributed by atoms with Gasteiger partial charge in [0.25, 0.3) is 0 Å². The van der Waals surface area contributed by atoms with Crippen molar-refractivity contribution in [3.05, 3.63) is 71.8 Å². The summed E-state index contributed by atoms with van der Waals surface area (Å²) < 4.78 is 5.17. The van der Waals surface area contributed by atoms with E-state index in [9.17, 15) is 4.79 Å². The van der Waals surface area contributed by atoms with Gasteiger partial charge in [0.1, 0.15) is 11.6 Å². The standard InChI is InChI=1S/C21H19N3O2/c1-26-18-6-2-14(3-7-18)4-9-20-22-12-17(13-23-20)15-5-8-19-16(10-15)11-21(25)24-19/h2-3,5-8,10,12-13H,4,9,11H2,1H3,(H,24,25). The Morgan fingerprint density at radius 2 is 1.77 bits per heavy atom. The van der Waals surface area contributed by atoms with Gasteiger partial charge >= 0.3 is 0 Å². The highest BCUT2D eigenvalue weighted by molar-refractivity contribution is 5.99. The highest BCUT2D eigenvalue weighted by Crippen LogP contribution is 2.28. The van der Waals surface area contributed by atoms with Crippen LogP contribution in [0.2, 0.25) is 0 Å². The van der Waals surface area contributed by atoms with E-state index < -0.39 is 0 Å². The minimum absolute atomic E-state index is 0.0438. The lowest BCUT2D eigenvalue weighted by molar-refractivity contribution is -0.115. The molecule has 0 fully saturated rings. The van der Waals surface area contributed by atoms with Gasteiger partial charge in [-0.1, -0.05) is 18.2 Å². The van der Waals surface area contributed by atoms with E-state index in [1.165, 1.54) is 5.56 Å². The van der Waals surface area contributed by atoms with E-state index in [1.54, 1.807) is 7.11 Å². The monoisotopic (exact) mass is 345 g/mol. The maximum absolute atomic E-state index is 11.5. The Kier molecular flexibility index (Phi) is 4.35. The maximum atomic E-state index is 11.5. The van der Waals surface area contributed by atoms with Crippen LogP contribution in [-0.2, 0) is 24.1 Å². The molecule has 1 aromatic heterocycles. The Labute approximate surface area is 152 Å². The van der Waals surface area contributed by atoms with E-state index in [1.807, 2.05) is 42.7 Å². The number of fused-ring (bicyclic) bond motifs is 1. The van der Waals surface area contributed by atoms with Crippen LogP contribution < -0.4 is 10.1 Å². The number of anilines is 1. The first-order chi connectivity index (χ1) is 12.7. The summed E-state index contributed by atoms with van der Waals surface area (Å²) in [6.07, 6.45) is 5.81. The normalized spacial score (nSPS) is 12.6. The molecule has 5 heteroatoms. The Morgan fingerprint density at radius 1 is 1.00 bits per heavy atom. The lowest BCUT2D eigenvalue weighted by Gasteiger charge is -2.06. The SMILES string of the molecule is COc1ccc(CCc2ncc(-c3ccc4c(c3)CC(=O)N4)cn2)cc1. The molecule has 1 amide bonds. The van der Waals surface area contributed by atoms with Gasteiger partial charge in [0.05, 0.1) is 13.5 Å². The number of nitrogens with zero attached hydrogens (tertiary/aromatic N) is 2. The first-order valence-electron chi connectivity index (χ1n) is 8.58. The summed E-state index contributed by atoms with van der Waals surface area (Å²) in [6.45, 7) is 0. The van der Waals surface area contributed by atoms with Crippen LogP contribution >= 0.6 is 0 Å². The van der Waals surface area contributed by atoms with Gasteiger partial charge in [-0.2, -0.15) is 0 Å². The van der Waals surface area contributed by atoms with Gasteiger partial charge < -0.3 is 10.1 Å². The van der Waals surface area contributed by atoms with Crippen LogP contribution in [0.4, 0.5) is 5.69 Å². The molecule has 130 valence electrons. The molecular weight excluding hydrogens is 326 g/mol. The van der Waals surface area contributed by atoms with Gasteiger partial charge in [0.2, 0.25) is 5.91 Å². The number of ether oxygens (including phenoxy) is 1. The minimum atomic E-state index is 0.0438. The summed E-state index contributed by atoms with van der Waals surface area (Å²) in [6, 6.07) is 14.0. The first-order valence-corrected chi connectivity index (χ1v) is 8.58. The predicted molar refractivity (Wildman–Crippen MR) is 100 cm³/mol. The van der Waals surface area contributed by atoms with Crippen LogP contribution in [0.25, 0.3) is 11.1 Å². The highest BCUT2D eigenvalue weighted by atomic mass is 16.5. The zero-order chi connectivity index (χ0) is 17.9. The van der Waals surface area contributed by atoms with E-state index in [2.05, 4.69) is 27.4 Å². The van der Waals surface area contributed by atoms with Crippen molar-refractivity contribution in [1.82, 2.24) is 9.97 Å². The summed E-state index contributed by atoms with van der Waals surface area (Å²) in [7, 11) is 1.67. The van der Waals surface area contributed by atoms with Gasteiger partial charge in [-0.25, -0.2) is 9.97 Å². The van der Waals surface area contributed by atoms with E-state index in [4.69, 9.17) is 4.74 Å². The second kappa shape index (κ2) is 6.96. The van der Waals surface area contributed by atoms with Gasteiger partial charge in [0.15, 0.2) is 0 Å². The number of carbonyl (C=O) groups excluding carboxylic acids is 1. The van der Waals surface area contributed by atoms with Gasteiger partial charge in [-0.3, -0.25) is 4.79 Å². The topological polar surface area (TPSA) is 64.1 Å². The number of hydrogen-bond acceptors (Lipinski definition) is 4. The molecule has 1 N–H and O–H groups in total. The van der Waals surface area contributed by atoms with Crippen molar-refractivity contribution in [2.75, 3.05) is 12.4 Å². The number of nitrogens with one attached hydrogen (secondary N) is 1. The molecular formula is C21H19N3O2. The van der Waals surface area contributed by atoms with Crippen molar-refractivity contribution in [2.24, 2.45) is 0 Å². The van der Waals surface area contributed by atoms with Crippen LogP contribution in [0.5, 0.6) is 5.75 Å². The second-order valence-corrected chi connectivity index (χ2v) is 6.33. The number of benzene rings is 2. The quantitative estimate of drug-likeness (QED) is 0.769. The van der Waals surface area contributed by atoms with Crippen molar-refractivity contribution in [1.29, 1.82) is 0 Å². The lowest BCUT2D eigenvalue weighted by Crippen LogP contribution is -2.03. The van der Waals surface area contributed by atoms with Gasteiger partial charge in [-0.15, -0.1) is 0 Å². The summed E-state index contributed by atoms with van der Waals surface area (Å²) in [5.74, 6) is 1.73. The molecule has 26 heavy (non-hydrogen) atoms. The molecule has 0 saturated carbocycles. The lowest BCUT2D eigenvalue weighted by atomic mass is 10.0. The fourth-order valence-corrected chi connectivity index (χ4v) is 3.09. The molecule has 0 atom stereocenters. The van der Waals surface area contributed by atoms with E-state index in [0.29, 0.717) is 6.42 Å². The third kappa shape index (κ3) is 3.42. The molecule has 2 heterocycles. The number of aryl methyl sites for hydroxylation is 2. The minimum Gasteiger partial charge on any atom is -0.497 e. The van der Waals surface area contributed by atoms with Crippen molar-refractivity contribution >= 4 is 11.6 Å². The number of methoxy groups -OCH3 is 1. The van der Waals surface area contributed by atoms with Crippen molar-refractivity contribution in [2.45, 2.75) is 19.3 Å². The smallest absolute Gasteiger partial charge is 0.228 e. The Hall–Kier alpha value is -3.21. The number of rotatable bonds is 5. The fraction of sp³-hybridized carbons (Fsp3) is 0.190. The van der Waals surface area contributed by atoms with Gasteiger partial charge in [0, 0.05) is 30.1 Å². The van der Waals surface area contributed by atoms with E-state index >= 15 is 0 Å². The Balaban J connectivity index is 1.43. The average Bonchev–Trinajstić information content (AvgIpc) is 3.06. The van der Waals surface area contributed by atoms with Crippen molar-refractivity contribution in [3.8, 4) is 16.9 Å². The molecule has 4 rings (SSSR count). The molecule has 5 nitrogen and oxygen atoms in total. The third-order valence-corrected chi connectivity index (χ3v) is 4.57. The van der Waals surface area contributed by atoms with Crippen LogP contribution in [0.3, 0.4) is 0 Å². The van der Waals surface area contributed by atoms with Crippen molar-refractivity contribution < 1.29 is 9.53 Å². The molecule has 1 aliphatic rings. The van der Waals surface area contributed by atoms with Crippen LogP contribution in [-0.4, -0.2) is 23.0 Å². The average molecular weight is 345 g/mol. The summed E-state index contributed by atoms with van der Waals surface area (Å²) in [5, 5.41) is 2.85. The Bertz CT molecular complexity index is 934. The zero-order valence-corrected chi connectivity index (χ0v) is 14.5. The van der Waals surface area contributed by atoms with Crippen LogP contribution in [0.15, 0.2) is 54.9 Å². The molecule has 2 aromatic carbocycles. The molecule has 0 aliphatic carbocycles. The highest BCUT2D eigenvalue weighted by Gasteiger charge is 2.17. The predicted octanol–water partition coefficient (Wildman–Crippen LogP) is 3.43. The molecule has 3 aromatic rings. The van der Waals surface area contributed by atoms with Crippen LogP contribution in [0.1, 0.15) is 17.0 Å². The summed E-state index contributed by atoms with van der Waals surface area (Å²) in [4.78, 5) is 20.5. The molecule has 0 unspecified atom stereocenters. The number of carbonyl (C=O) groups is 1. The largest absolute Gasteiger partial charge is 0.497 e. The number of amides is 1. The van der Waals surface area contributed by atoms with Gasteiger partial charge in [-0.05, 0) is 47.4 Å². The first kappa shape index (κ1) is 16.3. The van der Waals surface area contributed by atoms with E-state index in [-0.39, 0.29) is 5.91 Å². The molecule has 1 aliphatic heterocycles. The fourth-order valence-electron chi connectivity index (χ4n) is 3.09. The number of aromatic nitrogens is 2. The number of hydrogen-bond donors (Lipinski definition) is 1. The summed E-state index contributed by atoms with van der Waals surface area (Å²) >= 11 is 0. The molecule has 0 bridgehead atoms. The maximum Gasteiger partial charge on any atom is 0.228 e. The Morgan fingerprint density at radius 3 is 2.50 bits per heavy atom. The third-order valence-electron chi connectivity index (χ3n) is 4.57. The zero-order valence-electron chi connectivity index (χ0n) is 14.5. The van der Waals surface area contributed by atoms with Crippen LogP contribution in [0, 0.1) is 0 Å². The molecule has 0 saturated heterocycles. The molecule has 0 spiro atoms.